The molecule has 0 aliphatic carbocycles. The Labute approximate surface area is 111 Å². The second-order valence-electron chi connectivity index (χ2n) is 4.87. The van der Waals surface area contributed by atoms with Crippen LogP contribution in [0.4, 0.5) is 0 Å². The lowest BCUT2D eigenvalue weighted by Gasteiger charge is -2.12. The summed E-state index contributed by atoms with van der Waals surface area (Å²) < 4.78 is 16.5. The summed E-state index contributed by atoms with van der Waals surface area (Å²) >= 11 is 0. The van der Waals surface area contributed by atoms with Crippen LogP contribution in [0, 0.1) is 0 Å². The summed E-state index contributed by atoms with van der Waals surface area (Å²) in [7, 11) is 0. The fourth-order valence-electron chi connectivity index (χ4n) is 2.34. The van der Waals surface area contributed by atoms with E-state index in [1.165, 1.54) is 0 Å². The predicted molar refractivity (Wildman–Crippen MR) is 71.0 cm³/mol. The Balaban J connectivity index is 1.55. The molecule has 2 heterocycles. The molecule has 19 heavy (non-hydrogen) atoms. The highest BCUT2D eigenvalue weighted by Gasteiger charge is 2.18. The van der Waals surface area contributed by atoms with Crippen molar-refractivity contribution in [3.8, 4) is 0 Å². The molecule has 1 aromatic carbocycles. The molecule has 2 atom stereocenters. The van der Waals surface area contributed by atoms with Gasteiger partial charge >= 0.3 is 0 Å². The van der Waals surface area contributed by atoms with Gasteiger partial charge in [0.1, 0.15) is 17.4 Å². The molecule has 0 spiro atoms. The van der Waals surface area contributed by atoms with Crippen molar-refractivity contribution in [1.82, 2.24) is 0 Å². The third kappa shape index (κ3) is 2.97. The molecule has 2 aromatic rings. The van der Waals surface area contributed by atoms with Crippen molar-refractivity contribution in [3.63, 3.8) is 0 Å². The maximum Gasteiger partial charge on any atom is 0.136 e. The van der Waals surface area contributed by atoms with Gasteiger partial charge in [0.15, 0.2) is 0 Å². The Morgan fingerprint density at radius 3 is 3.05 bits per heavy atom. The van der Waals surface area contributed by atoms with Crippen LogP contribution in [-0.2, 0) is 9.47 Å². The molecule has 0 amide bonds. The van der Waals surface area contributed by atoms with Crippen molar-refractivity contribution in [2.24, 2.45) is 0 Å². The standard InChI is InChI=1S/C15H18O4/c16-13(10-17-9-12-5-3-7-18-12)15-8-11-4-1-2-6-14(11)19-15/h1-2,4,6,8,12-13,16H,3,5,7,9-10H2. The van der Waals surface area contributed by atoms with Crippen LogP contribution in [0.1, 0.15) is 24.7 Å². The van der Waals surface area contributed by atoms with Crippen molar-refractivity contribution in [2.45, 2.75) is 25.0 Å². The van der Waals surface area contributed by atoms with Gasteiger partial charge in [-0.2, -0.15) is 0 Å². The van der Waals surface area contributed by atoms with Crippen LogP contribution in [-0.4, -0.2) is 31.0 Å². The van der Waals surface area contributed by atoms with Gasteiger partial charge in [-0.15, -0.1) is 0 Å². The molecule has 0 bridgehead atoms. The van der Waals surface area contributed by atoms with Gasteiger partial charge in [0.25, 0.3) is 0 Å². The van der Waals surface area contributed by atoms with Crippen LogP contribution in [0.2, 0.25) is 0 Å². The molecule has 1 N–H and O–H groups in total. The monoisotopic (exact) mass is 262 g/mol. The van der Waals surface area contributed by atoms with E-state index in [1.54, 1.807) is 0 Å². The van der Waals surface area contributed by atoms with E-state index in [-0.39, 0.29) is 12.7 Å². The summed E-state index contributed by atoms with van der Waals surface area (Å²) in [6, 6.07) is 9.56. The number of furan rings is 1. The Morgan fingerprint density at radius 1 is 1.37 bits per heavy atom. The highest BCUT2D eigenvalue weighted by atomic mass is 16.5. The lowest BCUT2D eigenvalue weighted by atomic mass is 10.2. The third-order valence-corrected chi connectivity index (χ3v) is 3.38. The first-order valence-electron chi connectivity index (χ1n) is 6.69. The van der Waals surface area contributed by atoms with Crippen LogP contribution in [0.3, 0.4) is 0 Å². The molecule has 1 aliphatic heterocycles. The topological polar surface area (TPSA) is 51.8 Å². The lowest BCUT2D eigenvalue weighted by Crippen LogP contribution is -2.17. The summed E-state index contributed by atoms with van der Waals surface area (Å²) in [5.74, 6) is 0.550. The third-order valence-electron chi connectivity index (χ3n) is 3.38. The Bertz CT molecular complexity index is 495. The van der Waals surface area contributed by atoms with E-state index in [0.29, 0.717) is 12.4 Å². The fraction of sp³-hybridized carbons (Fsp3) is 0.467. The Morgan fingerprint density at radius 2 is 2.26 bits per heavy atom. The van der Waals surface area contributed by atoms with Crippen molar-refractivity contribution in [2.75, 3.05) is 19.8 Å². The number of hydrogen-bond donors (Lipinski definition) is 1. The number of ether oxygens (including phenoxy) is 2. The van der Waals surface area contributed by atoms with Crippen molar-refractivity contribution < 1.29 is 19.0 Å². The van der Waals surface area contributed by atoms with Crippen LogP contribution >= 0.6 is 0 Å². The van der Waals surface area contributed by atoms with Crippen molar-refractivity contribution >= 4 is 11.0 Å². The van der Waals surface area contributed by atoms with Crippen LogP contribution < -0.4 is 0 Å². The molecule has 102 valence electrons. The molecular weight excluding hydrogens is 244 g/mol. The molecule has 0 radical (unpaired) electrons. The van der Waals surface area contributed by atoms with E-state index in [2.05, 4.69) is 0 Å². The van der Waals surface area contributed by atoms with E-state index in [4.69, 9.17) is 13.9 Å². The zero-order valence-corrected chi connectivity index (χ0v) is 10.7. The molecule has 1 saturated heterocycles. The molecule has 0 saturated carbocycles. The van der Waals surface area contributed by atoms with Gasteiger partial charge in [0.05, 0.1) is 19.3 Å². The van der Waals surface area contributed by atoms with Gasteiger partial charge in [-0.25, -0.2) is 0 Å². The average Bonchev–Trinajstić information content (AvgIpc) is 3.07. The molecular formula is C15H18O4. The predicted octanol–water partition coefficient (Wildman–Crippen LogP) is 2.66. The van der Waals surface area contributed by atoms with Gasteiger partial charge in [0, 0.05) is 12.0 Å². The molecule has 4 nitrogen and oxygen atoms in total. The first kappa shape index (κ1) is 12.7. The second-order valence-corrected chi connectivity index (χ2v) is 4.87. The molecule has 1 aromatic heterocycles. The summed E-state index contributed by atoms with van der Waals surface area (Å²) in [6.07, 6.45) is 1.60. The summed E-state index contributed by atoms with van der Waals surface area (Å²) in [5.41, 5.74) is 0.788. The highest BCUT2D eigenvalue weighted by Crippen LogP contribution is 2.24. The van der Waals surface area contributed by atoms with Crippen molar-refractivity contribution in [3.05, 3.63) is 36.1 Å². The maximum absolute atomic E-state index is 10.0. The lowest BCUT2D eigenvalue weighted by molar-refractivity contribution is -0.0223. The van der Waals surface area contributed by atoms with Gasteiger partial charge in [-0.05, 0) is 25.0 Å². The van der Waals surface area contributed by atoms with E-state index in [9.17, 15) is 5.11 Å². The number of hydrogen-bond acceptors (Lipinski definition) is 4. The molecule has 2 unspecified atom stereocenters. The van der Waals surface area contributed by atoms with Crippen LogP contribution in [0.25, 0.3) is 11.0 Å². The fourth-order valence-corrected chi connectivity index (χ4v) is 2.34. The zero-order chi connectivity index (χ0) is 13.1. The number of para-hydroxylation sites is 1. The van der Waals surface area contributed by atoms with Crippen LogP contribution in [0.5, 0.6) is 0 Å². The van der Waals surface area contributed by atoms with E-state index in [0.717, 1.165) is 30.4 Å². The quantitative estimate of drug-likeness (QED) is 0.900. The SMILES string of the molecule is OC(COCC1CCCO1)c1cc2ccccc2o1. The van der Waals surface area contributed by atoms with Gasteiger partial charge in [0.2, 0.25) is 0 Å². The second kappa shape index (κ2) is 5.74. The number of benzene rings is 1. The number of aliphatic hydroxyl groups excluding tert-OH is 1. The van der Waals surface area contributed by atoms with Crippen molar-refractivity contribution in [1.29, 1.82) is 0 Å². The van der Waals surface area contributed by atoms with E-state index >= 15 is 0 Å². The molecule has 1 aliphatic rings. The minimum absolute atomic E-state index is 0.183. The number of fused-ring (bicyclic) bond motifs is 1. The van der Waals surface area contributed by atoms with E-state index < -0.39 is 6.10 Å². The average molecular weight is 262 g/mol. The Kier molecular flexibility index (Phi) is 3.82. The minimum atomic E-state index is -0.728. The summed E-state index contributed by atoms with van der Waals surface area (Å²) in [4.78, 5) is 0. The van der Waals surface area contributed by atoms with E-state index in [1.807, 2.05) is 30.3 Å². The van der Waals surface area contributed by atoms with Gasteiger partial charge in [-0.1, -0.05) is 18.2 Å². The summed E-state index contributed by atoms with van der Waals surface area (Å²) in [6.45, 7) is 1.59. The smallest absolute Gasteiger partial charge is 0.136 e. The summed E-state index contributed by atoms with van der Waals surface area (Å²) in [5, 5.41) is 11.0. The van der Waals surface area contributed by atoms with Gasteiger partial charge in [-0.3, -0.25) is 0 Å². The highest BCUT2D eigenvalue weighted by molar-refractivity contribution is 5.77. The zero-order valence-electron chi connectivity index (χ0n) is 10.7. The largest absolute Gasteiger partial charge is 0.458 e. The Hall–Kier alpha value is -1.36. The first-order chi connectivity index (χ1) is 9.33. The van der Waals surface area contributed by atoms with Gasteiger partial charge < -0.3 is 19.0 Å². The molecule has 1 fully saturated rings. The number of rotatable bonds is 5. The maximum atomic E-state index is 10.0. The van der Waals surface area contributed by atoms with Crippen LogP contribution in [0.15, 0.2) is 34.7 Å². The minimum Gasteiger partial charge on any atom is -0.458 e. The molecule has 3 rings (SSSR count). The molecule has 4 heteroatoms. The number of aliphatic hydroxyl groups is 1. The normalized spacial score (nSPS) is 21.0. The first-order valence-corrected chi connectivity index (χ1v) is 6.69.